The Hall–Kier alpha value is -1.02. The van der Waals surface area contributed by atoms with Gasteiger partial charge in [0.1, 0.15) is 5.75 Å². The zero-order valence-electron chi connectivity index (χ0n) is 8.72. The van der Waals surface area contributed by atoms with Gasteiger partial charge in [0, 0.05) is 6.04 Å². The van der Waals surface area contributed by atoms with Gasteiger partial charge in [0.05, 0.1) is 7.11 Å². The lowest BCUT2D eigenvalue weighted by atomic mass is 10.0. The van der Waals surface area contributed by atoms with Gasteiger partial charge in [-0.25, -0.2) is 0 Å². The van der Waals surface area contributed by atoms with Gasteiger partial charge in [0.15, 0.2) is 0 Å². The minimum atomic E-state index is 0.0864. The zero-order valence-corrected chi connectivity index (χ0v) is 8.72. The molecule has 1 rings (SSSR count). The van der Waals surface area contributed by atoms with E-state index in [4.69, 9.17) is 10.5 Å². The highest BCUT2D eigenvalue weighted by Crippen LogP contribution is 2.26. The van der Waals surface area contributed by atoms with Gasteiger partial charge in [-0.05, 0) is 37.5 Å². The highest BCUT2D eigenvalue weighted by molar-refractivity contribution is 5.43. The van der Waals surface area contributed by atoms with E-state index in [1.54, 1.807) is 7.11 Å². The average molecular weight is 179 g/mol. The molecule has 0 radical (unpaired) electrons. The Morgan fingerprint density at radius 3 is 2.00 bits per heavy atom. The molecule has 0 heterocycles. The minimum absolute atomic E-state index is 0.0864. The van der Waals surface area contributed by atoms with Crippen LogP contribution in [0.4, 0.5) is 0 Å². The number of methoxy groups -OCH3 is 1. The van der Waals surface area contributed by atoms with Crippen molar-refractivity contribution in [1.29, 1.82) is 0 Å². The molecule has 13 heavy (non-hydrogen) atoms. The summed E-state index contributed by atoms with van der Waals surface area (Å²) in [6.45, 7) is 6.07. The molecule has 0 fully saturated rings. The van der Waals surface area contributed by atoms with Crippen molar-refractivity contribution in [3.8, 4) is 5.75 Å². The molecule has 2 N–H and O–H groups in total. The number of benzene rings is 1. The van der Waals surface area contributed by atoms with E-state index in [1.807, 2.05) is 20.8 Å². The van der Waals surface area contributed by atoms with Crippen molar-refractivity contribution >= 4 is 0 Å². The van der Waals surface area contributed by atoms with E-state index in [9.17, 15) is 0 Å². The molecule has 72 valence electrons. The van der Waals surface area contributed by atoms with E-state index in [-0.39, 0.29) is 6.04 Å². The lowest BCUT2D eigenvalue weighted by Crippen LogP contribution is -2.06. The van der Waals surface area contributed by atoms with Gasteiger partial charge in [0.25, 0.3) is 0 Å². The number of aryl methyl sites for hydroxylation is 2. The highest BCUT2D eigenvalue weighted by atomic mass is 16.5. The summed E-state index contributed by atoms with van der Waals surface area (Å²) in [5.74, 6) is 0.962. The maximum absolute atomic E-state index is 5.80. The number of nitrogens with two attached hydrogens (primary N) is 1. The largest absolute Gasteiger partial charge is 0.496 e. The molecule has 0 aliphatic carbocycles. The molecule has 0 unspecified atom stereocenters. The van der Waals surface area contributed by atoms with E-state index in [2.05, 4.69) is 12.1 Å². The minimum Gasteiger partial charge on any atom is -0.496 e. The summed E-state index contributed by atoms with van der Waals surface area (Å²) in [5.41, 5.74) is 9.26. The first-order chi connectivity index (χ1) is 6.06. The molecule has 0 bridgehead atoms. The standard InChI is InChI=1S/C11H17NO/c1-7-5-10(9(3)12)6-8(2)11(7)13-4/h5-6,9H,12H2,1-4H3/t9-/m1/s1. The molecular weight excluding hydrogens is 162 g/mol. The monoisotopic (exact) mass is 179 g/mol. The highest BCUT2D eigenvalue weighted by Gasteiger charge is 2.06. The second kappa shape index (κ2) is 3.79. The Kier molecular flexibility index (Phi) is 2.94. The molecule has 1 aromatic carbocycles. The van der Waals surface area contributed by atoms with Crippen LogP contribution in [0.1, 0.15) is 29.7 Å². The summed E-state index contributed by atoms with van der Waals surface area (Å²) in [6.07, 6.45) is 0. The van der Waals surface area contributed by atoms with E-state index in [1.165, 1.54) is 0 Å². The van der Waals surface area contributed by atoms with Crippen LogP contribution >= 0.6 is 0 Å². The fraction of sp³-hybridized carbons (Fsp3) is 0.455. The first-order valence-electron chi connectivity index (χ1n) is 4.47. The molecule has 0 saturated heterocycles. The van der Waals surface area contributed by atoms with Gasteiger partial charge in [-0.1, -0.05) is 12.1 Å². The maximum Gasteiger partial charge on any atom is 0.124 e. The van der Waals surface area contributed by atoms with Crippen molar-refractivity contribution in [3.63, 3.8) is 0 Å². The summed E-state index contributed by atoms with van der Waals surface area (Å²) < 4.78 is 5.27. The topological polar surface area (TPSA) is 35.2 Å². The smallest absolute Gasteiger partial charge is 0.124 e. The molecule has 0 aromatic heterocycles. The molecule has 0 amide bonds. The predicted molar refractivity (Wildman–Crippen MR) is 55.1 cm³/mol. The second-order valence-corrected chi connectivity index (χ2v) is 3.48. The lowest BCUT2D eigenvalue weighted by Gasteiger charge is -2.13. The molecule has 2 heteroatoms. The summed E-state index contributed by atoms with van der Waals surface area (Å²) in [7, 11) is 1.70. The van der Waals surface area contributed by atoms with Gasteiger partial charge in [-0.15, -0.1) is 0 Å². The van der Waals surface area contributed by atoms with Crippen molar-refractivity contribution in [1.82, 2.24) is 0 Å². The molecule has 1 atom stereocenters. The number of ether oxygens (including phenoxy) is 1. The van der Waals surface area contributed by atoms with Crippen LogP contribution in [-0.4, -0.2) is 7.11 Å². The van der Waals surface area contributed by atoms with E-state index in [0.717, 1.165) is 22.4 Å². The number of hydrogen-bond acceptors (Lipinski definition) is 2. The van der Waals surface area contributed by atoms with Crippen molar-refractivity contribution in [2.24, 2.45) is 5.73 Å². The number of hydrogen-bond donors (Lipinski definition) is 1. The summed E-state index contributed by atoms with van der Waals surface area (Å²) in [5, 5.41) is 0. The molecular formula is C11H17NO. The first-order valence-corrected chi connectivity index (χ1v) is 4.47. The van der Waals surface area contributed by atoms with E-state index >= 15 is 0 Å². The zero-order chi connectivity index (χ0) is 10.0. The maximum atomic E-state index is 5.80. The fourth-order valence-electron chi connectivity index (χ4n) is 1.57. The van der Waals surface area contributed by atoms with Crippen LogP contribution < -0.4 is 10.5 Å². The summed E-state index contributed by atoms with van der Waals surface area (Å²) >= 11 is 0. The van der Waals surface area contributed by atoms with Crippen molar-refractivity contribution in [3.05, 3.63) is 28.8 Å². The molecule has 0 saturated carbocycles. The third kappa shape index (κ3) is 2.01. The Morgan fingerprint density at radius 2 is 1.69 bits per heavy atom. The van der Waals surface area contributed by atoms with Crippen LogP contribution in [0.2, 0.25) is 0 Å². The Labute approximate surface area is 79.7 Å². The second-order valence-electron chi connectivity index (χ2n) is 3.48. The van der Waals surface area contributed by atoms with Gasteiger partial charge in [0.2, 0.25) is 0 Å². The van der Waals surface area contributed by atoms with Crippen LogP contribution in [0.5, 0.6) is 5.75 Å². The normalized spacial score (nSPS) is 12.7. The van der Waals surface area contributed by atoms with Crippen LogP contribution in [0.15, 0.2) is 12.1 Å². The molecule has 2 nitrogen and oxygen atoms in total. The SMILES string of the molecule is COc1c(C)cc([C@@H](C)N)cc1C. The third-order valence-corrected chi connectivity index (χ3v) is 2.21. The summed E-state index contributed by atoms with van der Waals surface area (Å²) in [4.78, 5) is 0. The van der Waals surface area contributed by atoms with Crippen LogP contribution in [0.3, 0.4) is 0 Å². The van der Waals surface area contributed by atoms with Gasteiger partial charge in [-0.3, -0.25) is 0 Å². The molecule has 1 aromatic rings. The lowest BCUT2D eigenvalue weighted by molar-refractivity contribution is 0.408. The van der Waals surface area contributed by atoms with E-state index in [0.29, 0.717) is 0 Å². The molecule has 0 spiro atoms. The quantitative estimate of drug-likeness (QED) is 0.756. The van der Waals surface area contributed by atoms with Crippen molar-refractivity contribution < 1.29 is 4.74 Å². The van der Waals surface area contributed by atoms with Crippen LogP contribution in [-0.2, 0) is 0 Å². The fourth-order valence-corrected chi connectivity index (χ4v) is 1.57. The Morgan fingerprint density at radius 1 is 1.23 bits per heavy atom. The van der Waals surface area contributed by atoms with Crippen LogP contribution in [0, 0.1) is 13.8 Å². The third-order valence-electron chi connectivity index (χ3n) is 2.21. The van der Waals surface area contributed by atoms with Gasteiger partial charge in [-0.2, -0.15) is 0 Å². The van der Waals surface area contributed by atoms with Gasteiger partial charge >= 0.3 is 0 Å². The predicted octanol–water partition coefficient (Wildman–Crippen LogP) is 2.33. The Balaban J connectivity index is 3.20. The van der Waals surface area contributed by atoms with Crippen molar-refractivity contribution in [2.75, 3.05) is 7.11 Å². The summed E-state index contributed by atoms with van der Waals surface area (Å²) in [6, 6.07) is 4.25. The Bertz CT molecular complexity index is 282. The average Bonchev–Trinajstić information content (AvgIpc) is 2.03. The first kappa shape index (κ1) is 10.1. The van der Waals surface area contributed by atoms with Gasteiger partial charge < -0.3 is 10.5 Å². The molecule has 0 aliphatic heterocycles. The van der Waals surface area contributed by atoms with Crippen molar-refractivity contribution in [2.45, 2.75) is 26.8 Å². The van der Waals surface area contributed by atoms with Crippen LogP contribution in [0.25, 0.3) is 0 Å². The number of rotatable bonds is 2. The van der Waals surface area contributed by atoms with E-state index < -0.39 is 0 Å². The molecule has 0 aliphatic rings.